The maximum absolute atomic E-state index is 6.07. The second kappa shape index (κ2) is 22.8. The van der Waals surface area contributed by atoms with Gasteiger partial charge < -0.3 is 28.7 Å². The molecule has 76 heavy (non-hydrogen) atoms. The zero-order chi connectivity index (χ0) is 51.8. The number of benzene rings is 11. The van der Waals surface area contributed by atoms with E-state index >= 15 is 0 Å². The van der Waals surface area contributed by atoms with Crippen LogP contribution in [0.4, 0.5) is 34.1 Å². The third-order valence-electron chi connectivity index (χ3n) is 14.0. The van der Waals surface area contributed by atoms with Crippen molar-refractivity contribution in [1.29, 1.82) is 0 Å². The maximum Gasteiger partial charge on any atom is 0.119 e. The average molecular weight is 997 g/mol. The Kier molecular flexibility index (Phi) is 14.8. The first-order chi connectivity index (χ1) is 37.5. The van der Waals surface area contributed by atoms with Gasteiger partial charge in [-0.3, -0.25) is 0 Å². The number of nitrogens with zero attached hydrogens (tertiary/aromatic N) is 2. The van der Waals surface area contributed by atoms with Crippen LogP contribution < -0.4 is 28.7 Å². The smallest absolute Gasteiger partial charge is 0.119 e. The van der Waals surface area contributed by atoms with Gasteiger partial charge in [0.25, 0.3) is 0 Å². The van der Waals surface area contributed by atoms with Gasteiger partial charge in [-0.05, 0) is 191 Å². The predicted octanol–water partition coefficient (Wildman–Crippen LogP) is 19.7. The fourth-order valence-corrected chi connectivity index (χ4v) is 10.3. The second-order valence-electron chi connectivity index (χ2n) is 19.4. The van der Waals surface area contributed by atoms with E-state index in [-0.39, 0.29) is 0 Å². The van der Waals surface area contributed by atoms with Gasteiger partial charge in [-0.2, -0.15) is 0 Å². The lowest BCUT2D eigenvalue weighted by molar-refractivity contribution is 0.318. The van der Waals surface area contributed by atoms with E-state index in [2.05, 4.69) is 256 Å². The Balaban J connectivity index is 0.915. The Morgan fingerprint density at radius 3 is 0.737 bits per heavy atom. The van der Waals surface area contributed by atoms with E-state index in [0.29, 0.717) is 26.4 Å². The van der Waals surface area contributed by atoms with Crippen LogP contribution in [0.25, 0.3) is 65.3 Å². The molecule has 0 aliphatic carbocycles. The van der Waals surface area contributed by atoms with Gasteiger partial charge in [0.05, 0.1) is 49.2 Å². The summed E-state index contributed by atoms with van der Waals surface area (Å²) in [4.78, 5) is 4.78. The van der Waals surface area contributed by atoms with Gasteiger partial charge in [-0.1, -0.05) is 125 Å². The summed E-state index contributed by atoms with van der Waals surface area (Å²) in [5.41, 5.74) is 11.1. The summed E-state index contributed by atoms with van der Waals surface area (Å²) in [5.74, 6) is 3.54. The molecular formula is C70H64N2O4. The Morgan fingerprint density at radius 1 is 0.263 bits per heavy atom. The van der Waals surface area contributed by atoms with Gasteiger partial charge >= 0.3 is 0 Å². The van der Waals surface area contributed by atoms with E-state index in [1.807, 2.05) is 0 Å². The largest absolute Gasteiger partial charge is 0.494 e. The third kappa shape index (κ3) is 10.4. The third-order valence-corrected chi connectivity index (χ3v) is 14.0. The van der Waals surface area contributed by atoms with E-state index in [1.54, 1.807) is 0 Å². The highest BCUT2D eigenvalue weighted by molar-refractivity contribution is 6.07. The topological polar surface area (TPSA) is 43.4 Å². The molecule has 11 aromatic rings. The number of anilines is 6. The standard InChI is InChI=1S/C70H64N2O4/c1-5-41-73-59-33-37-63-53(45-59)13-9-17-67(63)71(68-18-10-14-54-46-60(74-42-6-2)34-38-64(54)68)57-29-25-51(26-30-57)49-21-23-50(24-22-49)52-27-31-58(32-28-52)72(69-19-11-15-55-47-61(75-43-7-3)35-39-65(55)69)70-20-12-16-56-48-62(76-44-8-4)36-40-66(56)70/h9-40,45-48H,5-8,41-44H2,1-4H3. The van der Waals surface area contributed by atoms with Crippen LogP contribution in [0.2, 0.25) is 0 Å². The Labute approximate surface area is 447 Å². The molecule has 0 atom stereocenters. The molecule has 6 heteroatoms. The molecule has 11 aromatic carbocycles. The zero-order valence-electron chi connectivity index (χ0n) is 44.0. The van der Waals surface area contributed by atoms with E-state index in [1.165, 1.54) is 0 Å². The first-order valence-electron chi connectivity index (χ1n) is 27.0. The molecule has 0 aliphatic rings. The molecule has 0 bridgehead atoms. The fourth-order valence-electron chi connectivity index (χ4n) is 10.3. The molecule has 0 spiro atoms. The molecule has 0 radical (unpaired) electrons. The lowest BCUT2D eigenvalue weighted by Crippen LogP contribution is -2.11. The minimum atomic E-state index is 0.688. The SMILES string of the molecule is CCCOc1ccc2c(N(c3ccc(-c4ccc(-c5ccc(N(c6cccc7cc(OCCC)ccc67)c6cccc7cc(OCCC)ccc67)cc5)cc4)cc3)c3cccc4cc(OCCC)ccc34)cccc2c1. The Bertz CT molecular complexity index is 3340. The van der Waals surface area contributed by atoms with Crippen LogP contribution in [0.15, 0.2) is 218 Å². The van der Waals surface area contributed by atoms with Crippen LogP contribution in [0.3, 0.4) is 0 Å². The van der Waals surface area contributed by atoms with Crippen LogP contribution in [-0.2, 0) is 0 Å². The molecule has 0 saturated carbocycles. The highest BCUT2D eigenvalue weighted by Gasteiger charge is 2.21. The molecule has 0 amide bonds. The van der Waals surface area contributed by atoms with Crippen molar-refractivity contribution in [2.24, 2.45) is 0 Å². The quantitative estimate of drug-likeness (QED) is 0.0758. The second-order valence-corrected chi connectivity index (χ2v) is 19.4. The van der Waals surface area contributed by atoms with E-state index in [9.17, 15) is 0 Å². The van der Waals surface area contributed by atoms with Crippen molar-refractivity contribution in [3.05, 3.63) is 218 Å². The molecule has 0 heterocycles. The van der Waals surface area contributed by atoms with Gasteiger partial charge in [-0.15, -0.1) is 0 Å². The molecule has 378 valence electrons. The summed E-state index contributed by atoms with van der Waals surface area (Å²) < 4.78 is 24.3. The number of hydrogen-bond acceptors (Lipinski definition) is 6. The van der Waals surface area contributed by atoms with Crippen molar-refractivity contribution in [3.8, 4) is 45.3 Å². The minimum absolute atomic E-state index is 0.688. The molecule has 11 rings (SSSR count). The summed E-state index contributed by atoms with van der Waals surface area (Å²) >= 11 is 0. The molecular weight excluding hydrogens is 933 g/mol. The van der Waals surface area contributed by atoms with E-state index < -0.39 is 0 Å². The fraction of sp³-hybridized carbons (Fsp3) is 0.171. The number of hydrogen-bond donors (Lipinski definition) is 0. The van der Waals surface area contributed by atoms with Crippen LogP contribution in [0.5, 0.6) is 23.0 Å². The monoisotopic (exact) mass is 996 g/mol. The van der Waals surface area contributed by atoms with E-state index in [4.69, 9.17) is 18.9 Å². The van der Waals surface area contributed by atoms with Crippen molar-refractivity contribution < 1.29 is 18.9 Å². The molecule has 0 N–H and O–H groups in total. The first-order valence-corrected chi connectivity index (χ1v) is 27.0. The summed E-state index contributed by atoms with van der Waals surface area (Å²) in [7, 11) is 0. The summed E-state index contributed by atoms with van der Waals surface area (Å²) in [6, 6.07) is 78.7. The maximum atomic E-state index is 6.07. The summed E-state index contributed by atoms with van der Waals surface area (Å²) in [6.45, 7) is 11.3. The Morgan fingerprint density at radius 2 is 0.500 bits per heavy atom. The lowest BCUT2D eigenvalue weighted by Gasteiger charge is -2.28. The normalized spacial score (nSPS) is 11.3. The molecule has 0 aliphatic heterocycles. The highest BCUT2D eigenvalue weighted by atomic mass is 16.5. The lowest BCUT2D eigenvalue weighted by atomic mass is 9.99. The van der Waals surface area contributed by atoms with Crippen molar-refractivity contribution >= 4 is 77.2 Å². The van der Waals surface area contributed by atoms with Crippen LogP contribution >= 0.6 is 0 Å². The van der Waals surface area contributed by atoms with Gasteiger partial charge in [0, 0.05) is 32.9 Å². The average Bonchev–Trinajstić information content (AvgIpc) is 3.55. The number of ether oxygens (including phenoxy) is 4. The van der Waals surface area contributed by atoms with Gasteiger partial charge in [0.2, 0.25) is 0 Å². The molecule has 0 unspecified atom stereocenters. The zero-order valence-corrected chi connectivity index (χ0v) is 44.0. The first kappa shape index (κ1) is 49.5. The summed E-state index contributed by atoms with van der Waals surface area (Å²) in [5, 5.41) is 9.10. The highest BCUT2D eigenvalue weighted by Crippen LogP contribution is 2.46. The number of rotatable bonds is 20. The van der Waals surface area contributed by atoms with Crippen molar-refractivity contribution in [2.75, 3.05) is 36.2 Å². The van der Waals surface area contributed by atoms with Crippen LogP contribution in [0, 0.1) is 0 Å². The van der Waals surface area contributed by atoms with Crippen molar-refractivity contribution in [2.45, 2.75) is 53.4 Å². The molecule has 0 saturated heterocycles. The predicted molar refractivity (Wildman–Crippen MR) is 320 cm³/mol. The molecule has 6 nitrogen and oxygen atoms in total. The van der Waals surface area contributed by atoms with Crippen LogP contribution in [0.1, 0.15) is 53.4 Å². The molecule has 0 aromatic heterocycles. The van der Waals surface area contributed by atoms with E-state index in [0.717, 1.165) is 148 Å². The van der Waals surface area contributed by atoms with Gasteiger partial charge in [0.15, 0.2) is 0 Å². The van der Waals surface area contributed by atoms with Crippen LogP contribution in [-0.4, -0.2) is 26.4 Å². The molecule has 0 fully saturated rings. The Hall–Kier alpha value is -8.74. The minimum Gasteiger partial charge on any atom is -0.494 e. The van der Waals surface area contributed by atoms with Crippen molar-refractivity contribution in [3.63, 3.8) is 0 Å². The number of fused-ring (bicyclic) bond motifs is 4. The van der Waals surface area contributed by atoms with Gasteiger partial charge in [-0.25, -0.2) is 0 Å². The van der Waals surface area contributed by atoms with Gasteiger partial charge in [0.1, 0.15) is 23.0 Å². The van der Waals surface area contributed by atoms with Crippen molar-refractivity contribution in [1.82, 2.24) is 0 Å². The summed E-state index contributed by atoms with van der Waals surface area (Å²) in [6.07, 6.45) is 3.84.